The summed E-state index contributed by atoms with van der Waals surface area (Å²) in [7, 11) is 0. The molecule has 0 radical (unpaired) electrons. The highest BCUT2D eigenvalue weighted by Gasteiger charge is 2.30. The molecule has 0 aromatic heterocycles. The minimum atomic E-state index is -0.392. The van der Waals surface area contributed by atoms with Crippen LogP contribution in [0.25, 0.3) is 0 Å². The molecule has 0 aliphatic heterocycles. The Morgan fingerprint density at radius 2 is 1.88 bits per heavy atom. The second-order valence-corrected chi connectivity index (χ2v) is 4.08. The van der Waals surface area contributed by atoms with Gasteiger partial charge in [-0.25, -0.2) is 0 Å². The molecule has 0 N–H and O–H groups in total. The molecule has 0 saturated heterocycles. The molecule has 1 aliphatic rings. The van der Waals surface area contributed by atoms with E-state index in [2.05, 4.69) is 5.92 Å². The zero-order chi connectivity index (χ0) is 13.0. The zero-order valence-corrected chi connectivity index (χ0v) is 10.3. The first-order valence-electron chi connectivity index (χ1n) is 5.44. The van der Waals surface area contributed by atoms with Crippen LogP contribution >= 0.6 is 0 Å². The van der Waals surface area contributed by atoms with Crippen molar-refractivity contribution in [2.75, 3.05) is 0 Å². The maximum atomic E-state index is 11.0. The lowest BCUT2D eigenvalue weighted by Gasteiger charge is -2.29. The van der Waals surface area contributed by atoms with Gasteiger partial charge in [-0.05, 0) is 12.5 Å². The molecule has 0 fully saturated rings. The van der Waals surface area contributed by atoms with Crippen molar-refractivity contribution in [2.24, 2.45) is 0 Å². The van der Waals surface area contributed by atoms with Crippen LogP contribution in [0.5, 0.6) is 0 Å². The van der Waals surface area contributed by atoms with E-state index in [0.717, 1.165) is 11.1 Å². The number of hydrogen-bond acceptors (Lipinski definition) is 4. The molecule has 0 saturated carbocycles. The van der Waals surface area contributed by atoms with Gasteiger partial charge in [0.2, 0.25) is 0 Å². The topological polar surface area (TPSA) is 52.6 Å². The van der Waals surface area contributed by atoms with Gasteiger partial charge in [-0.2, -0.15) is 0 Å². The average molecular weight is 236 g/mol. The lowest BCUT2D eigenvalue weighted by atomic mass is 9.88. The van der Waals surface area contributed by atoms with Gasteiger partial charge in [0.15, 0.2) is 0 Å². The van der Waals surface area contributed by atoms with Gasteiger partial charge in [0.25, 0.3) is 0 Å². The van der Waals surface area contributed by atoms with Crippen molar-refractivity contribution in [1.29, 1.82) is 0 Å². The number of carbonyl (C=O) groups is 2. The lowest BCUT2D eigenvalue weighted by Crippen LogP contribution is -2.32. The van der Waals surface area contributed by atoms with E-state index in [9.17, 15) is 9.59 Å². The Balaban J connectivity index is 2.86. The third-order valence-electron chi connectivity index (χ3n) is 2.68. The summed E-state index contributed by atoms with van der Waals surface area (Å²) in [6.45, 7) is 4.53. The fraction of sp³-hybridized carbons (Fsp3) is 0.538. The van der Waals surface area contributed by atoms with Gasteiger partial charge < -0.3 is 9.47 Å². The van der Waals surface area contributed by atoms with Gasteiger partial charge in [0.1, 0.15) is 12.2 Å². The van der Waals surface area contributed by atoms with E-state index in [0.29, 0.717) is 12.8 Å². The lowest BCUT2D eigenvalue weighted by molar-refractivity contribution is -0.151. The van der Waals surface area contributed by atoms with Crippen molar-refractivity contribution in [3.63, 3.8) is 0 Å². The summed E-state index contributed by atoms with van der Waals surface area (Å²) in [6, 6.07) is 0. The summed E-state index contributed by atoms with van der Waals surface area (Å²) >= 11 is 0. The predicted octanol–water partition coefficient (Wildman–Crippen LogP) is 1.59. The van der Waals surface area contributed by atoms with Crippen molar-refractivity contribution in [3.05, 3.63) is 11.1 Å². The second-order valence-electron chi connectivity index (χ2n) is 4.08. The van der Waals surface area contributed by atoms with Crippen LogP contribution in [-0.2, 0) is 19.1 Å². The molecule has 0 amide bonds. The minimum Gasteiger partial charge on any atom is -0.462 e. The molecule has 1 aliphatic carbocycles. The molecule has 0 aromatic carbocycles. The molecular weight excluding hydrogens is 220 g/mol. The van der Waals surface area contributed by atoms with Crippen molar-refractivity contribution < 1.29 is 19.1 Å². The minimum absolute atomic E-state index is 0.313. The molecule has 4 nitrogen and oxygen atoms in total. The Hall–Kier alpha value is -1.76. The molecule has 4 heteroatoms. The molecule has 92 valence electrons. The Labute approximate surface area is 101 Å². The molecule has 0 unspecified atom stereocenters. The quantitative estimate of drug-likeness (QED) is 0.539. The Kier molecular flexibility index (Phi) is 4.33. The standard InChI is InChI=1S/C13H16O4/c1-5-11-6-12(16-9(3)14)7-13(8(11)2)17-10(4)15/h1,12-13H,6-7H2,2-4H3/t12-,13-/m1/s1. The summed E-state index contributed by atoms with van der Waals surface area (Å²) < 4.78 is 10.3. The van der Waals surface area contributed by atoms with Crippen molar-refractivity contribution in [2.45, 2.75) is 45.8 Å². The van der Waals surface area contributed by atoms with E-state index in [1.54, 1.807) is 0 Å². The van der Waals surface area contributed by atoms with Crippen molar-refractivity contribution in [1.82, 2.24) is 0 Å². The molecule has 17 heavy (non-hydrogen) atoms. The highest BCUT2D eigenvalue weighted by Crippen LogP contribution is 2.29. The second kappa shape index (κ2) is 5.53. The van der Waals surface area contributed by atoms with Crippen molar-refractivity contribution in [3.8, 4) is 12.3 Å². The molecule has 0 heterocycles. The van der Waals surface area contributed by atoms with Crippen LogP contribution in [0.1, 0.15) is 33.6 Å². The van der Waals surface area contributed by atoms with E-state index in [-0.39, 0.29) is 18.0 Å². The van der Waals surface area contributed by atoms with E-state index >= 15 is 0 Å². The van der Waals surface area contributed by atoms with Crippen molar-refractivity contribution >= 4 is 11.9 Å². The van der Waals surface area contributed by atoms with Gasteiger partial charge in [-0.3, -0.25) is 9.59 Å². The SMILES string of the molecule is C#CC1=C(C)[C@H](OC(C)=O)C[C@H](OC(C)=O)C1. The van der Waals surface area contributed by atoms with E-state index in [4.69, 9.17) is 15.9 Å². The first-order valence-corrected chi connectivity index (χ1v) is 5.44. The Morgan fingerprint density at radius 3 is 2.35 bits per heavy atom. The van der Waals surface area contributed by atoms with Gasteiger partial charge in [0, 0.05) is 32.3 Å². The maximum absolute atomic E-state index is 11.0. The smallest absolute Gasteiger partial charge is 0.303 e. The normalized spacial score (nSPS) is 23.9. The number of terminal acetylenes is 1. The molecule has 2 atom stereocenters. The average Bonchev–Trinajstić information content (AvgIpc) is 2.21. The van der Waals surface area contributed by atoms with Crippen LogP contribution in [0.15, 0.2) is 11.1 Å². The van der Waals surface area contributed by atoms with Gasteiger partial charge in [-0.15, -0.1) is 6.42 Å². The summed E-state index contributed by atoms with van der Waals surface area (Å²) in [4.78, 5) is 21.9. The number of hydrogen-bond donors (Lipinski definition) is 0. The van der Waals surface area contributed by atoms with Crippen LogP contribution in [0.3, 0.4) is 0 Å². The number of rotatable bonds is 2. The van der Waals surface area contributed by atoms with Gasteiger partial charge in [-0.1, -0.05) is 5.92 Å². The molecule has 1 rings (SSSR count). The fourth-order valence-corrected chi connectivity index (χ4v) is 1.92. The van der Waals surface area contributed by atoms with Crippen LogP contribution in [-0.4, -0.2) is 24.1 Å². The van der Waals surface area contributed by atoms with E-state index < -0.39 is 6.10 Å². The first kappa shape index (κ1) is 13.3. The van der Waals surface area contributed by atoms with Crippen LogP contribution in [0.4, 0.5) is 0 Å². The summed E-state index contributed by atoms with van der Waals surface area (Å²) in [5.41, 5.74) is 1.61. The summed E-state index contributed by atoms with van der Waals surface area (Å²) in [5, 5.41) is 0. The van der Waals surface area contributed by atoms with E-state index in [1.807, 2.05) is 6.92 Å². The number of ether oxygens (including phenoxy) is 2. The highest BCUT2D eigenvalue weighted by atomic mass is 16.6. The van der Waals surface area contributed by atoms with Gasteiger partial charge in [0.05, 0.1) is 0 Å². The van der Waals surface area contributed by atoms with Crippen LogP contribution in [0.2, 0.25) is 0 Å². The third kappa shape index (κ3) is 3.63. The Morgan fingerprint density at radius 1 is 1.29 bits per heavy atom. The molecule has 0 bridgehead atoms. The fourth-order valence-electron chi connectivity index (χ4n) is 1.92. The first-order chi connectivity index (χ1) is 7.93. The van der Waals surface area contributed by atoms with Crippen LogP contribution < -0.4 is 0 Å². The zero-order valence-electron chi connectivity index (χ0n) is 10.3. The summed E-state index contributed by atoms with van der Waals surface area (Å²) in [5.74, 6) is 1.84. The Bertz CT molecular complexity index is 400. The van der Waals surface area contributed by atoms with Gasteiger partial charge >= 0.3 is 11.9 Å². The summed E-state index contributed by atoms with van der Waals surface area (Å²) in [6.07, 6.45) is 5.67. The van der Waals surface area contributed by atoms with Crippen LogP contribution in [0, 0.1) is 12.3 Å². The molecular formula is C13H16O4. The third-order valence-corrected chi connectivity index (χ3v) is 2.68. The highest BCUT2D eigenvalue weighted by molar-refractivity contribution is 5.67. The number of esters is 2. The molecule has 0 aromatic rings. The molecule has 0 spiro atoms. The maximum Gasteiger partial charge on any atom is 0.303 e. The van der Waals surface area contributed by atoms with E-state index in [1.165, 1.54) is 13.8 Å². The monoisotopic (exact) mass is 236 g/mol. The number of carbonyl (C=O) groups excluding carboxylic acids is 2. The largest absolute Gasteiger partial charge is 0.462 e. The predicted molar refractivity (Wildman–Crippen MR) is 61.9 cm³/mol.